The van der Waals surface area contributed by atoms with E-state index in [2.05, 4.69) is 27.7 Å². The number of esters is 3. The third-order valence-electron chi connectivity index (χ3n) is 12.0. The van der Waals surface area contributed by atoms with Crippen LogP contribution in [0.1, 0.15) is 297 Å². The zero-order valence-electron chi connectivity index (χ0n) is 40.2. The van der Waals surface area contributed by atoms with Crippen molar-refractivity contribution < 1.29 is 28.6 Å². The van der Waals surface area contributed by atoms with Crippen LogP contribution in [-0.4, -0.2) is 37.2 Å². The number of carbonyl (C=O) groups is 3. The molecule has 1 atom stereocenters. The van der Waals surface area contributed by atoms with Gasteiger partial charge in [-0.3, -0.25) is 14.4 Å². The molecule has 0 heterocycles. The number of unbranched alkanes of at least 4 members (excludes halogenated alkanes) is 35. The molecule has 6 heteroatoms. The van der Waals surface area contributed by atoms with E-state index in [-0.39, 0.29) is 31.1 Å². The van der Waals surface area contributed by atoms with Gasteiger partial charge in [0.15, 0.2) is 6.10 Å². The van der Waals surface area contributed by atoms with Gasteiger partial charge >= 0.3 is 17.9 Å². The Morgan fingerprint density at radius 1 is 0.322 bits per heavy atom. The van der Waals surface area contributed by atoms with E-state index in [0.717, 1.165) is 63.7 Å². The molecule has 0 aliphatic carbocycles. The minimum absolute atomic E-state index is 0.0632. The molecule has 0 aromatic rings. The molecule has 0 saturated carbocycles. The van der Waals surface area contributed by atoms with Gasteiger partial charge in [0.2, 0.25) is 0 Å². The molecule has 0 aromatic carbocycles. The van der Waals surface area contributed by atoms with Crippen LogP contribution < -0.4 is 0 Å². The lowest BCUT2D eigenvalue weighted by molar-refractivity contribution is -0.167. The molecule has 0 aliphatic rings. The fourth-order valence-corrected chi connectivity index (χ4v) is 8.04. The highest BCUT2D eigenvalue weighted by atomic mass is 16.6. The third kappa shape index (κ3) is 47.3. The van der Waals surface area contributed by atoms with Gasteiger partial charge in [-0.15, -0.1) is 0 Å². The Balaban J connectivity index is 4.24. The molecule has 6 nitrogen and oxygen atoms in total. The van der Waals surface area contributed by atoms with Crippen LogP contribution in [0.3, 0.4) is 0 Å². The summed E-state index contributed by atoms with van der Waals surface area (Å²) in [4.78, 5) is 37.9. The molecule has 0 unspecified atom stereocenters. The topological polar surface area (TPSA) is 78.9 Å². The first-order valence-corrected chi connectivity index (χ1v) is 26.4. The number of rotatable bonds is 48. The monoisotopic (exact) mass is 835 g/mol. The zero-order valence-corrected chi connectivity index (χ0v) is 40.2. The van der Waals surface area contributed by atoms with Crippen LogP contribution in [0, 0.1) is 5.92 Å². The summed E-state index contributed by atoms with van der Waals surface area (Å²) in [5.74, 6) is -0.0380. The second kappa shape index (κ2) is 47.5. The van der Waals surface area contributed by atoms with Crippen molar-refractivity contribution in [3.8, 4) is 0 Å². The standard InChI is InChI=1S/C53H102O6/c1-5-7-9-11-13-15-17-18-19-20-21-22-23-24-25-29-34-38-42-46-53(56)59-50(47-57-51(54)44-40-36-32-28-16-14-12-10-8-6-2)48-58-52(55)45-41-37-33-30-26-27-31-35-39-43-49(3)4/h49-50H,5-48H2,1-4H3/t50-/m0/s1. The van der Waals surface area contributed by atoms with Crippen LogP contribution in [0.2, 0.25) is 0 Å². The van der Waals surface area contributed by atoms with Crippen molar-refractivity contribution in [1.82, 2.24) is 0 Å². The number of carbonyl (C=O) groups excluding carboxylic acids is 3. The predicted molar refractivity (Wildman–Crippen MR) is 252 cm³/mol. The Kier molecular flexibility index (Phi) is 46.2. The molecule has 0 fully saturated rings. The lowest BCUT2D eigenvalue weighted by Gasteiger charge is -2.18. The SMILES string of the molecule is CCCCCCCCCCCCCCCCCCCCCC(=O)O[C@@H](COC(=O)CCCCCCCCCCCC)COC(=O)CCCCCCCCCCCC(C)C. The van der Waals surface area contributed by atoms with E-state index in [9.17, 15) is 14.4 Å². The highest BCUT2D eigenvalue weighted by molar-refractivity contribution is 5.71. The smallest absolute Gasteiger partial charge is 0.306 e. The van der Waals surface area contributed by atoms with Gasteiger partial charge < -0.3 is 14.2 Å². The molecule has 0 radical (unpaired) electrons. The molecule has 0 aliphatic heterocycles. The van der Waals surface area contributed by atoms with Gasteiger partial charge in [0.05, 0.1) is 0 Å². The summed E-state index contributed by atoms with van der Waals surface area (Å²) in [7, 11) is 0. The van der Waals surface area contributed by atoms with E-state index in [1.807, 2.05) is 0 Å². The van der Waals surface area contributed by atoms with Gasteiger partial charge in [-0.05, 0) is 25.2 Å². The van der Waals surface area contributed by atoms with Crippen LogP contribution in [0.4, 0.5) is 0 Å². The molecule has 0 saturated heterocycles. The first-order valence-electron chi connectivity index (χ1n) is 26.4. The Bertz CT molecular complexity index is 887. The summed E-state index contributed by atoms with van der Waals surface area (Å²) >= 11 is 0. The minimum atomic E-state index is -0.760. The van der Waals surface area contributed by atoms with Crippen molar-refractivity contribution in [3.63, 3.8) is 0 Å². The van der Waals surface area contributed by atoms with Gasteiger partial charge in [-0.25, -0.2) is 0 Å². The van der Waals surface area contributed by atoms with Gasteiger partial charge in [-0.2, -0.15) is 0 Å². The van der Waals surface area contributed by atoms with Gasteiger partial charge in [0.1, 0.15) is 13.2 Å². The summed E-state index contributed by atoms with van der Waals surface area (Å²) in [5, 5.41) is 0. The number of hydrogen-bond acceptors (Lipinski definition) is 6. The highest BCUT2D eigenvalue weighted by Gasteiger charge is 2.19. The van der Waals surface area contributed by atoms with E-state index >= 15 is 0 Å². The van der Waals surface area contributed by atoms with Gasteiger partial charge in [-0.1, -0.05) is 259 Å². The first-order chi connectivity index (χ1) is 28.9. The van der Waals surface area contributed by atoms with Gasteiger partial charge in [0, 0.05) is 19.3 Å². The normalized spacial score (nSPS) is 11.9. The molecule has 0 amide bonds. The molecule has 0 spiro atoms. The van der Waals surface area contributed by atoms with Crippen LogP contribution >= 0.6 is 0 Å². The summed E-state index contributed by atoms with van der Waals surface area (Å²) in [5.41, 5.74) is 0. The number of hydrogen-bond donors (Lipinski definition) is 0. The molecular weight excluding hydrogens is 733 g/mol. The Labute approximate surface area is 368 Å². The second-order valence-corrected chi connectivity index (χ2v) is 18.6. The fraction of sp³-hybridized carbons (Fsp3) is 0.943. The summed E-state index contributed by atoms with van der Waals surface area (Å²) in [6, 6.07) is 0. The summed E-state index contributed by atoms with van der Waals surface area (Å²) < 4.78 is 16.8. The molecule has 59 heavy (non-hydrogen) atoms. The maximum absolute atomic E-state index is 12.8. The molecule has 0 N–H and O–H groups in total. The van der Waals surface area contributed by atoms with E-state index in [1.54, 1.807) is 0 Å². The Morgan fingerprint density at radius 3 is 0.831 bits per heavy atom. The largest absolute Gasteiger partial charge is 0.462 e. The van der Waals surface area contributed by atoms with Crippen molar-refractivity contribution in [3.05, 3.63) is 0 Å². The van der Waals surface area contributed by atoms with Crippen molar-refractivity contribution in [2.45, 2.75) is 303 Å². The van der Waals surface area contributed by atoms with E-state index < -0.39 is 6.10 Å². The average molecular weight is 835 g/mol. The van der Waals surface area contributed by atoms with Crippen LogP contribution in [0.5, 0.6) is 0 Å². The summed E-state index contributed by atoms with van der Waals surface area (Å²) in [6.45, 7) is 9.00. The third-order valence-corrected chi connectivity index (χ3v) is 12.0. The molecule has 0 aromatic heterocycles. The maximum Gasteiger partial charge on any atom is 0.306 e. The van der Waals surface area contributed by atoms with Crippen LogP contribution in [-0.2, 0) is 28.6 Å². The van der Waals surface area contributed by atoms with Crippen molar-refractivity contribution in [2.75, 3.05) is 13.2 Å². The summed E-state index contributed by atoms with van der Waals surface area (Å²) in [6.07, 6.45) is 49.5. The first kappa shape index (κ1) is 57.4. The average Bonchev–Trinajstić information content (AvgIpc) is 3.22. The molecule has 0 rings (SSSR count). The highest BCUT2D eigenvalue weighted by Crippen LogP contribution is 2.17. The second-order valence-electron chi connectivity index (χ2n) is 18.6. The Morgan fingerprint density at radius 2 is 0.559 bits per heavy atom. The lowest BCUT2D eigenvalue weighted by atomic mass is 10.0. The quantitative estimate of drug-likeness (QED) is 0.0345. The van der Waals surface area contributed by atoms with Gasteiger partial charge in [0.25, 0.3) is 0 Å². The maximum atomic E-state index is 12.8. The molecule has 0 bridgehead atoms. The lowest BCUT2D eigenvalue weighted by Crippen LogP contribution is -2.30. The van der Waals surface area contributed by atoms with Crippen molar-refractivity contribution >= 4 is 17.9 Å². The van der Waals surface area contributed by atoms with Crippen molar-refractivity contribution in [2.24, 2.45) is 5.92 Å². The zero-order chi connectivity index (χ0) is 43.1. The van der Waals surface area contributed by atoms with E-state index in [0.29, 0.717) is 19.3 Å². The number of ether oxygens (including phenoxy) is 3. The van der Waals surface area contributed by atoms with E-state index in [1.165, 1.54) is 193 Å². The minimum Gasteiger partial charge on any atom is -0.462 e. The fourth-order valence-electron chi connectivity index (χ4n) is 8.04. The van der Waals surface area contributed by atoms with E-state index in [4.69, 9.17) is 14.2 Å². The predicted octanol–water partition coefficient (Wildman–Crippen LogP) is 17.1. The van der Waals surface area contributed by atoms with Crippen LogP contribution in [0.15, 0.2) is 0 Å². The Hall–Kier alpha value is -1.59. The molecule has 350 valence electrons. The van der Waals surface area contributed by atoms with Crippen molar-refractivity contribution in [1.29, 1.82) is 0 Å². The molecular formula is C53H102O6. The van der Waals surface area contributed by atoms with Crippen LogP contribution in [0.25, 0.3) is 0 Å².